The molecule has 2 N–H and O–H groups in total. The first-order valence-corrected chi connectivity index (χ1v) is 5.90. The zero-order chi connectivity index (χ0) is 15.5. The summed E-state index contributed by atoms with van der Waals surface area (Å²) in [6.45, 7) is 0.288. The van der Waals surface area contributed by atoms with Crippen LogP contribution in [-0.2, 0) is 6.54 Å². The van der Waals surface area contributed by atoms with Crippen LogP contribution in [0, 0.1) is 5.82 Å². The van der Waals surface area contributed by atoms with Gasteiger partial charge >= 0.3 is 6.36 Å². The minimum absolute atomic E-state index is 0.288. The number of benzene rings is 2. The highest BCUT2D eigenvalue weighted by Gasteiger charge is 2.30. The molecule has 2 aromatic carbocycles. The second kappa shape index (κ2) is 5.90. The van der Waals surface area contributed by atoms with Gasteiger partial charge in [0.25, 0.3) is 0 Å². The van der Waals surface area contributed by atoms with Crippen molar-refractivity contribution in [1.82, 2.24) is 0 Å². The molecule has 0 aliphatic carbocycles. The Morgan fingerprint density at radius 2 is 1.71 bits per heavy atom. The molecule has 3 nitrogen and oxygen atoms in total. The SMILES string of the molecule is Oc1ccc(NCc2ccc(OC(F)(F)F)cc2)cc1F. The van der Waals surface area contributed by atoms with E-state index < -0.39 is 17.9 Å². The van der Waals surface area contributed by atoms with E-state index in [2.05, 4.69) is 10.1 Å². The molecule has 2 rings (SSSR count). The lowest BCUT2D eigenvalue weighted by molar-refractivity contribution is -0.274. The second-order valence-corrected chi connectivity index (χ2v) is 4.21. The number of phenolic OH excluding ortho intramolecular Hbond substituents is 1. The van der Waals surface area contributed by atoms with Gasteiger partial charge < -0.3 is 15.2 Å². The normalized spacial score (nSPS) is 11.2. The number of hydrogen-bond donors (Lipinski definition) is 2. The van der Waals surface area contributed by atoms with Crippen LogP contribution in [-0.4, -0.2) is 11.5 Å². The van der Waals surface area contributed by atoms with E-state index in [1.165, 1.54) is 36.4 Å². The molecule has 0 aliphatic rings. The largest absolute Gasteiger partial charge is 0.573 e. The van der Waals surface area contributed by atoms with E-state index in [0.717, 1.165) is 6.07 Å². The molecule has 0 unspecified atom stereocenters. The fourth-order valence-corrected chi connectivity index (χ4v) is 1.63. The maximum absolute atomic E-state index is 13.1. The predicted molar refractivity (Wildman–Crippen MR) is 68.5 cm³/mol. The molecule has 0 aliphatic heterocycles. The molecule has 2 aromatic rings. The molecule has 0 aromatic heterocycles. The van der Waals surface area contributed by atoms with Crippen molar-refractivity contribution < 1.29 is 27.4 Å². The summed E-state index contributed by atoms with van der Waals surface area (Å²) in [5, 5.41) is 11.9. The fraction of sp³-hybridized carbons (Fsp3) is 0.143. The molecule has 0 spiro atoms. The Morgan fingerprint density at radius 1 is 1.05 bits per heavy atom. The maximum atomic E-state index is 13.1. The maximum Gasteiger partial charge on any atom is 0.573 e. The highest BCUT2D eigenvalue weighted by atomic mass is 19.4. The van der Waals surface area contributed by atoms with Gasteiger partial charge in [-0.2, -0.15) is 0 Å². The number of alkyl halides is 3. The van der Waals surface area contributed by atoms with Crippen molar-refractivity contribution in [2.45, 2.75) is 12.9 Å². The molecule has 0 heterocycles. The molecule has 0 fully saturated rings. The molecule has 7 heteroatoms. The van der Waals surface area contributed by atoms with Crippen molar-refractivity contribution in [3.05, 3.63) is 53.8 Å². The van der Waals surface area contributed by atoms with Gasteiger partial charge in [-0.3, -0.25) is 0 Å². The minimum Gasteiger partial charge on any atom is -0.505 e. The van der Waals surface area contributed by atoms with Gasteiger partial charge in [-0.1, -0.05) is 12.1 Å². The van der Waals surface area contributed by atoms with Crippen LogP contribution in [0.3, 0.4) is 0 Å². The molecule has 0 radical (unpaired) electrons. The number of aromatic hydroxyl groups is 1. The van der Waals surface area contributed by atoms with Gasteiger partial charge in [0.2, 0.25) is 0 Å². The summed E-state index contributed by atoms with van der Waals surface area (Å²) in [5.74, 6) is -1.51. The standard InChI is InChI=1S/C14H11F4NO2/c15-12-7-10(3-6-13(12)20)19-8-9-1-4-11(5-2-9)21-14(16,17)18/h1-7,19-20H,8H2. The van der Waals surface area contributed by atoms with Crippen molar-refractivity contribution in [2.75, 3.05) is 5.32 Å². The predicted octanol–water partition coefficient (Wildman–Crippen LogP) is 4.04. The van der Waals surface area contributed by atoms with Gasteiger partial charge in [0.15, 0.2) is 11.6 Å². The topological polar surface area (TPSA) is 41.5 Å². The summed E-state index contributed by atoms with van der Waals surface area (Å²) in [5.41, 5.74) is 1.14. The number of halogens is 4. The Balaban J connectivity index is 1.96. The van der Waals surface area contributed by atoms with Crippen LogP contribution in [0.25, 0.3) is 0 Å². The second-order valence-electron chi connectivity index (χ2n) is 4.21. The first-order chi connectivity index (χ1) is 9.83. The lowest BCUT2D eigenvalue weighted by Gasteiger charge is -2.10. The molecular weight excluding hydrogens is 290 g/mol. The average molecular weight is 301 g/mol. The third-order valence-corrected chi connectivity index (χ3v) is 2.60. The van der Waals surface area contributed by atoms with Gasteiger partial charge in [0.05, 0.1) is 0 Å². The van der Waals surface area contributed by atoms with Gasteiger partial charge in [0.1, 0.15) is 5.75 Å². The van der Waals surface area contributed by atoms with E-state index in [-0.39, 0.29) is 12.3 Å². The van der Waals surface area contributed by atoms with Crippen molar-refractivity contribution in [3.63, 3.8) is 0 Å². The quantitative estimate of drug-likeness (QED) is 0.661. The van der Waals surface area contributed by atoms with Crippen molar-refractivity contribution in [2.24, 2.45) is 0 Å². The van der Waals surface area contributed by atoms with Crippen LogP contribution in [0.1, 0.15) is 5.56 Å². The summed E-state index contributed by atoms with van der Waals surface area (Å²) in [6, 6.07) is 9.13. The van der Waals surface area contributed by atoms with E-state index in [0.29, 0.717) is 11.3 Å². The van der Waals surface area contributed by atoms with Crippen molar-refractivity contribution in [1.29, 1.82) is 0 Å². The van der Waals surface area contributed by atoms with Crippen LogP contribution in [0.2, 0.25) is 0 Å². The molecule has 0 atom stereocenters. The zero-order valence-electron chi connectivity index (χ0n) is 10.6. The first-order valence-electron chi connectivity index (χ1n) is 5.90. The molecule has 21 heavy (non-hydrogen) atoms. The third-order valence-electron chi connectivity index (χ3n) is 2.60. The summed E-state index contributed by atoms with van der Waals surface area (Å²) >= 11 is 0. The first kappa shape index (κ1) is 15.0. The van der Waals surface area contributed by atoms with Crippen LogP contribution in [0.5, 0.6) is 11.5 Å². The van der Waals surface area contributed by atoms with E-state index in [1.54, 1.807) is 0 Å². The van der Waals surface area contributed by atoms with Gasteiger partial charge in [0, 0.05) is 18.3 Å². The van der Waals surface area contributed by atoms with Crippen LogP contribution in [0.15, 0.2) is 42.5 Å². The van der Waals surface area contributed by atoms with E-state index in [1.807, 2.05) is 0 Å². The van der Waals surface area contributed by atoms with Crippen molar-refractivity contribution in [3.8, 4) is 11.5 Å². The molecule has 112 valence electrons. The summed E-state index contributed by atoms with van der Waals surface area (Å²) in [4.78, 5) is 0. The number of hydrogen-bond acceptors (Lipinski definition) is 3. The smallest absolute Gasteiger partial charge is 0.505 e. The molecule has 0 bridgehead atoms. The minimum atomic E-state index is -4.72. The zero-order valence-corrected chi connectivity index (χ0v) is 10.6. The Bertz CT molecular complexity index is 611. The number of phenols is 1. The number of ether oxygens (including phenoxy) is 1. The third kappa shape index (κ3) is 4.55. The van der Waals surface area contributed by atoms with E-state index >= 15 is 0 Å². The molecular formula is C14H11F4NO2. The van der Waals surface area contributed by atoms with Crippen LogP contribution < -0.4 is 10.1 Å². The Kier molecular flexibility index (Phi) is 4.21. The number of anilines is 1. The monoisotopic (exact) mass is 301 g/mol. The lowest BCUT2D eigenvalue weighted by Crippen LogP contribution is -2.17. The molecule has 0 amide bonds. The summed E-state index contributed by atoms with van der Waals surface area (Å²) in [6.07, 6.45) is -4.72. The molecule has 0 saturated heterocycles. The van der Waals surface area contributed by atoms with Gasteiger partial charge in [-0.25, -0.2) is 4.39 Å². The van der Waals surface area contributed by atoms with E-state index in [9.17, 15) is 17.6 Å². The van der Waals surface area contributed by atoms with Crippen molar-refractivity contribution >= 4 is 5.69 Å². The number of rotatable bonds is 4. The van der Waals surface area contributed by atoms with Crippen LogP contribution in [0.4, 0.5) is 23.2 Å². The Hall–Kier alpha value is -2.44. The molecule has 0 saturated carbocycles. The van der Waals surface area contributed by atoms with Crippen LogP contribution >= 0.6 is 0 Å². The van der Waals surface area contributed by atoms with Gasteiger partial charge in [-0.05, 0) is 29.8 Å². The van der Waals surface area contributed by atoms with Gasteiger partial charge in [-0.15, -0.1) is 13.2 Å². The lowest BCUT2D eigenvalue weighted by atomic mass is 10.2. The fourth-order valence-electron chi connectivity index (χ4n) is 1.63. The Labute approximate surface area is 117 Å². The highest BCUT2D eigenvalue weighted by Crippen LogP contribution is 2.23. The Morgan fingerprint density at radius 3 is 2.29 bits per heavy atom. The highest BCUT2D eigenvalue weighted by molar-refractivity contribution is 5.47. The summed E-state index contributed by atoms with van der Waals surface area (Å²) in [7, 11) is 0. The van der Waals surface area contributed by atoms with E-state index in [4.69, 9.17) is 5.11 Å². The number of nitrogens with one attached hydrogen (secondary N) is 1. The average Bonchev–Trinajstić information content (AvgIpc) is 2.40. The summed E-state index contributed by atoms with van der Waals surface area (Å²) < 4.78 is 52.8.